The predicted molar refractivity (Wildman–Crippen MR) is 103 cm³/mol. The Kier molecular flexibility index (Phi) is 5.68. The number of nitriles is 2. The first-order valence-corrected chi connectivity index (χ1v) is 10.1. The van der Waals surface area contributed by atoms with Gasteiger partial charge in [0.05, 0.1) is 28.5 Å². The van der Waals surface area contributed by atoms with Crippen LogP contribution in [0.2, 0.25) is 0 Å². The molecule has 0 bridgehead atoms. The zero-order chi connectivity index (χ0) is 19.4. The number of aryl methyl sites for hydroxylation is 1. The molecular weight excluding hydrogens is 358 g/mol. The minimum absolute atomic E-state index is 0.0564. The number of amides is 1. The standard InChI is InChI=1S/C21H21N3O2S/c1-14-5-7-15(8-6-14)18(25)13-27-20-17(12-23)21(9-3-2-4-10-21)16(11-22)19(26)24-20/h5-8,16H,2-4,9-10,13H2,1H3,(H,24,26)/t16-/m1/s1. The molecule has 1 aliphatic heterocycles. The first-order chi connectivity index (χ1) is 13.0. The van der Waals surface area contributed by atoms with E-state index in [-0.39, 0.29) is 17.4 Å². The third-order valence-corrected chi connectivity index (χ3v) is 6.49. The highest BCUT2D eigenvalue weighted by atomic mass is 32.2. The monoisotopic (exact) mass is 379 g/mol. The molecule has 27 heavy (non-hydrogen) atoms. The number of carbonyl (C=O) groups is 2. The Labute approximate surface area is 163 Å². The molecule has 0 saturated heterocycles. The Morgan fingerprint density at radius 2 is 1.89 bits per heavy atom. The average molecular weight is 379 g/mol. The molecule has 138 valence electrons. The molecule has 1 fully saturated rings. The number of nitrogens with one attached hydrogen (secondary N) is 1. The van der Waals surface area contributed by atoms with Crippen LogP contribution >= 0.6 is 11.8 Å². The fraction of sp³-hybridized carbons (Fsp3) is 0.429. The van der Waals surface area contributed by atoms with Gasteiger partial charge in [0.15, 0.2) is 5.78 Å². The van der Waals surface area contributed by atoms with Crippen molar-refractivity contribution in [3.05, 3.63) is 46.0 Å². The summed E-state index contributed by atoms with van der Waals surface area (Å²) in [4.78, 5) is 25.0. The Bertz CT molecular complexity index is 868. The van der Waals surface area contributed by atoms with Gasteiger partial charge in [0.1, 0.15) is 5.92 Å². The van der Waals surface area contributed by atoms with E-state index < -0.39 is 11.3 Å². The van der Waals surface area contributed by atoms with E-state index in [0.717, 1.165) is 24.8 Å². The molecule has 1 aromatic rings. The van der Waals surface area contributed by atoms with Crippen molar-refractivity contribution in [3.8, 4) is 12.1 Å². The van der Waals surface area contributed by atoms with Crippen molar-refractivity contribution >= 4 is 23.5 Å². The number of allylic oxidation sites excluding steroid dienone is 1. The SMILES string of the molecule is Cc1ccc(C(=O)CSC2=C(C#N)C3(CCCCC3)[C@H](C#N)C(=O)N2)cc1. The molecule has 0 unspecified atom stereocenters. The Balaban J connectivity index is 1.87. The molecule has 1 saturated carbocycles. The molecule has 1 heterocycles. The summed E-state index contributed by atoms with van der Waals surface area (Å²) in [5.74, 6) is -1.12. The molecule has 0 radical (unpaired) electrons. The van der Waals surface area contributed by atoms with Gasteiger partial charge in [-0.3, -0.25) is 9.59 Å². The van der Waals surface area contributed by atoms with Crippen LogP contribution in [0.5, 0.6) is 0 Å². The van der Waals surface area contributed by atoms with Crippen LogP contribution in [0.1, 0.15) is 48.0 Å². The Hall–Kier alpha value is -2.57. The minimum Gasteiger partial charge on any atom is -0.319 e. The molecule has 1 N–H and O–H groups in total. The topological polar surface area (TPSA) is 93.8 Å². The van der Waals surface area contributed by atoms with Crippen molar-refractivity contribution in [1.82, 2.24) is 5.32 Å². The van der Waals surface area contributed by atoms with E-state index in [1.54, 1.807) is 12.1 Å². The van der Waals surface area contributed by atoms with Crippen molar-refractivity contribution in [3.63, 3.8) is 0 Å². The third-order valence-electron chi connectivity index (χ3n) is 5.48. The van der Waals surface area contributed by atoms with Crippen LogP contribution in [-0.2, 0) is 4.79 Å². The summed E-state index contributed by atoms with van der Waals surface area (Å²) in [6.45, 7) is 1.96. The summed E-state index contributed by atoms with van der Waals surface area (Å²) < 4.78 is 0. The minimum atomic E-state index is -0.843. The normalized spacial score (nSPS) is 21.3. The van der Waals surface area contributed by atoms with Crippen molar-refractivity contribution in [2.45, 2.75) is 39.0 Å². The maximum Gasteiger partial charge on any atom is 0.243 e. The van der Waals surface area contributed by atoms with Crippen LogP contribution in [0.3, 0.4) is 0 Å². The number of hydrogen-bond donors (Lipinski definition) is 1. The van der Waals surface area contributed by atoms with E-state index in [0.29, 0.717) is 29.0 Å². The fourth-order valence-electron chi connectivity index (χ4n) is 4.00. The first-order valence-electron chi connectivity index (χ1n) is 9.10. The first kappa shape index (κ1) is 19.2. The summed E-state index contributed by atoms with van der Waals surface area (Å²) >= 11 is 1.19. The molecule has 1 aliphatic carbocycles. The van der Waals surface area contributed by atoms with Crippen molar-refractivity contribution in [1.29, 1.82) is 10.5 Å². The molecule has 0 aromatic heterocycles. The lowest BCUT2D eigenvalue weighted by Gasteiger charge is -2.43. The highest BCUT2D eigenvalue weighted by Gasteiger charge is 2.51. The van der Waals surface area contributed by atoms with Crippen LogP contribution in [0, 0.1) is 40.9 Å². The average Bonchev–Trinajstić information content (AvgIpc) is 2.67. The van der Waals surface area contributed by atoms with E-state index >= 15 is 0 Å². The van der Waals surface area contributed by atoms with Gasteiger partial charge in [0.2, 0.25) is 5.91 Å². The van der Waals surface area contributed by atoms with Crippen LogP contribution < -0.4 is 5.32 Å². The molecule has 1 spiro atoms. The van der Waals surface area contributed by atoms with Gasteiger partial charge in [-0.15, -0.1) is 0 Å². The Morgan fingerprint density at radius 1 is 1.22 bits per heavy atom. The van der Waals surface area contributed by atoms with Gasteiger partial charge in [-0.05, 0) is 19.8 Å². The summed E-state index contributed by atoms with van der Waals surface area (Å²) in [5, 5.41) is 22.5. The van der Waals surface area contributed by atoms with Crippen molar-refractivity contribution < 1.29 is 9.59 Å². The zero-order valence-electron chi connectivity index (χ0n) is 15.2. The number of nitrogens with zero attached hydrogens (tertiary/aromatic N) is 2. The smallest absolute Gasteiger partial charge is 0.243 e. The molecule has 2 aliphatic rings. The number of benzene rings is 1. The fourth-order valence-corrected chi connectivity index (χ4v) is 5.01. The largest absolute Gasteiger partial charge is 0.319 e. The van der Waals surface area contributed by atoms with E-state index in [4.69, 9.17) is 0 Å². The third kappa shape index (κ3) is 3.63. The van der Waals surface area contributed by atoms with Gasteiger partial charge in [-0.2, -0.15) is 10.5 Å². The van der Waals surface area contributed by atoms with E-state index in [1.807, 2.05) is 19.1 Å². The van der Waals surface area contributed by atoms with Crippen molar-refractivity contribution in [2.75, 3.05) is 5.75 Å². The molecule has 1 amide bonds. The molecule has 1 aromatic carbocycles. The zero-order valence-corrected chi connectivity index (χ0v) is 16.1. The van der Waals surface area contributed by atoms with Crippen LogP contribution in [0.15, 0.2) is 34.9 Å². The lowest BCUT2D eigenvalue weighted by molar-refractivity contribution is -0.126. The highest BCUT2D eigenvalue weighted by Crippen LogP contribution is 2.51. The van der Waals surface area contributed by atoms with Gasteiger partial charge in [-0.25, -0.2) is 0 Å². The summed E-state index contributed by atoms with van der Waals surface area (Å²) in [5.41, 5.74) is 1.45. The summed E-state index contributed by atoms with van der Waals surface area (Å²) in [6.07, 6.45) is 4.18. The molecule has 3 rings (SSSR count). The number of Topliss-reactive ketones (excluding diaryl/α,β-unsaturated/α-hetero) is 1. The summed E-state index contributed by atoms with van der Waals surface area (Å²) in [7, 11) is 0. The van der Waals surface area contributed by atoms with E-state index in [1.165, 1.54) is 11.8 Å². The van der Waals surface area contributed by atoms with Crippen LogP contribution in [-0.4, -0.2) is 17.4 Å². The highest BCUT2D eigenvalue weighted by molar-refractivity contribution is 8.03. The quantitative estimate of drug-likeness (QED) is 0.802. The predicted octanol–water partition coefficient (Wildman–Crippen LogP) is 3.87. The number of carbonyl (C=O) groups excluding carboxylic acids is 2. The maximum absolute atomic E-state index is 12.5. The van der Waals surface area contributed by atoms with E-state index in [9.17, 15) is 20.1 Å². The lowest BCUT2D eigenvalue weighted by Crippen LogP contribution is -2.48. The summed E-state index contributed by atoms with van der Waals surface area (Å²) in [6, 6.07) is 11.7. The number of hydrogen-bond acceptors (Lipinski definition) is 5. The van der Waals surface area contributed by atoms with E-state index in [2.05, 4.69) is 17.5 Å². The number of rotatable bonds is 4. The second kappa shape index (κ2) is 7.98. The van der Waals surface area contributed by atoms with Gasteiger partial charge >= 0.3 is 0 Å². The molecule has 6 heteroatoms. The second-order valence-electron chi connectivity index (χ2n) is 7.16. The van der Waals surface area contributed by atoms with Crippen LogP contribution in [0.4, 0.5) is 0 Å². The molecule has 5 nitrogen and oxygen atoms in total. The van der Waals surface area contributed by atoms with Gasteiger partial charge in [0.25, 0.3) is 0 Å². The van der Waals surface area contributed by atoms with Gasteiger partial charge in [-0.1, -0.05) is 60.9 Å². The van der Waals surface area contributed by atoms with Crippen molar-refractivity contribution in [2.24, 2.45) is 11.3 Å². The lowest BCUT2D eigenvalue weighted by atomic mass is 9.61. The van der Waals surface area contributed by atoms with Gasteiger partial charge in [0, 0.05) is 11.0 Å². The van der Waals surface area contributed by atoms with Crippen LogP contribution in [0.25, 0.3) is 0 Å². The Morgan fingerprint density at radius 3 is 2.48 bits per heavy atom. The maximum atomic E-state index is 12.5. The molecule has 1 atom stereocenters. The number of ketones is 1. The molecular formula is C21H21N3O2S. The second-order valence-corrected chi connectivity index (χ2v) is 8.15. The van der Waals surface area contributed by atoms with Gasteiger partial charge < -0.3 is 5.32 Å². The number of thioether (sulfide) groups is 1.